The molecule has 3 fully saturated rings. The standard InChI is InChI=1S/C24H33ClF2N4O4S/c25-19-11-18(12-20(14-19)29-36(34,35)22-1-2-22)16-30-7-9-31(10-8-30)23(33)28-15-21(32)13-17-3-5-24(26,27)6-4-17/h11-12,14,17,22,29H,1-10,13,15-16H2,(H,28,33). The van der Waals surface area contributed by atoms with Crippen LogP contribution in [0.5, 0.6) is 0 Å². The zero-order valence-electron chi connectivity index (χ0n) is 20.1. The number of ketones is 1. The molecule has 0 bridgehead atoms. The molecule has 2 saturated carbocycles. The first-order valence-corrected chi connectivity index (χ1v) is 14.4. The number of hydrogen-bond donors (Lipinski definition) is 2. The number of Topliss-reactive ketones (excluding diaryl/α,β-unsaturated/α-hetero) is 1. The van der Waals surface area contributed by atoms with E-state index in [0.29, 0.717) is 69.1 Å². The van der Waals surface area contributed by atoms with Crippen molar-refractivity contribution in [2.24, 2.45) is 5.92 Å². The van der Waals surface area contributed by atoms with Crippen LogP contribution >= 0.6 is 11.6 Å². The zero-order valence-corrected chi connectivity index (χ0v) is 21.7. The molecule has 3 aliphatic rings. The van der Waals surface area contributed by atoms with E-state index in [4.69, 9.17) is 11.6 Å². The summed E-state index contributed by atoms with van der Waals surface area (Å²) >= 11 is 6.22. The number of benzene rings is 1. The summed E-state index contributed by atoms with van der Waals surface area (Å²) in [7, 11) is -3.38. The maximum absolute atomic E-state index is 13.3. The summed E-state index contributed by atoms with van der Waals surface area (Å²) in [6.45, 7) is 2.68. The van der Waals surface area contributed by atoms with Crippen LogP contribution in [0.15, 0.2) is 18.2 Å². The van der Waals surface area contributed by atoms with Crippen molar-refractivity contribution in [1.82, 2.24) is 15.1 Å². The summed E-state index contributed by atoms with van der Waals surface area (Å²) in [6, 6.07) is 4.87. The molecule has 1 saturated heterocycles. The molecule has 4 rings (SSSR count). The molecule has 36 heavy (non-hydrogen) atoms. The Labute approximate surface area is 215 Å². The van der Waals surface area contributed by atoms with Gasteiger partial charge in [0, 0.05) is 57.0 Å². The number of carbonyl (C=O) groups excluding carboxylic acids is 2. The third-order valence-electron chi connectivity index (χ3n) is 7.04. The Morgan fingerprint density at radius 2 is 1.69 bits per heavy atom. The average molecular weight is 547 g/mol. The van der Waals surface area contributed by atoms with E-state index in [0.717, 1.165) is 5.56 Å². The monoisotopic (exact) mass is 546 g/mol. The lowest BCUT2D eigenvalue weighted by atomic mass is 9.84. The van der Waals surface area contributed by atoms with Gasteiger partial charge in [0.25, 0.3) is 0 Å². The molecule has 12 heteroatoms. The number of halogens is 3. The summed E-state index contributed by atoms with van der Waals surface area (Å²) in [5.74, 6) is -2.78. The van der Waals surface area contributed by atoms with E-state index in [1.54, 1.807) is 23.1 Å². The van der Waals surface area contributed by atoms with Crippen LogP contribution in [-0.4, -0.2) is 73.9 Å². The number of piperazine rings is 1. The van der Waals surface area contributed by atoms with Crippen LogP contribution in [0.1, 0.15) is 50.5 Å². The van der Waals surface area contributed by atoms with Gasteiger partial charge >= 0.3 is 6.03 Å². The minimum Gasteiger partial charge on any atom is -0.331 e. The normalized spacial score (nSPS) is 21.2. The van der Waals surface area contributed by atoms with Crippen LogP contribution in [0.3, 0.4) is 0 Å². The summed E-state index contributed by atoms with van der Waals surface area (Å²) in [6.07, 6.45) is 1.92. The minimum absolute atomic E-state index is 0.0337. The van der Waals surface area contributed by atoms with Gasteiger partial charge in [-0.25, -0.2) is 22.0 Å². The molecule has 2 N–H and O–H groups in total. The SMILES string of the molecule is O=C(CNC(=O)N1CCN(Cc2cc(Cl)cc(NS(=O)(=O)C3CC3)c2)CC1)CC1CCC(F)(F)CC1. The van der Waals surface area contributed by atoms with Crippen LogP contribution in [0, 0.1) is 5.92 Å². The van der Waals surface area contributed by atoms with Gasteiger partial charge in [-0.05, 0) is 55.4 Å². The summed E-state index contributed by atoms with van der Waals surface area (Å²) < 4.78 is 53.6. The summed E-state index contributed by atoms with van der Waals surface area (Å²) in [4.78, 5) is 28.5. The highest BCUT2D eigenvalue weighted by atomic mass is 35.5. The van der Waals surface area contributed by atoms with Crippen molar-refractivity contribution in [2.75, 3.05) is 37.4 Å². The fourth-order valence-electron chi connectivity index (χ4n) is 4.78. The highest BCUT2D eigenvalue weighted by molar-refractivity contribution is 7.93. The number of hydrogen-bond acceptors (Lipinski definition) is 5. The van der Waals surface area contributed by atoms with Gasteiger partial charge in [-0.3, -0.25) is 14.4 Å². The Balaban J connectivity index is 1.19. The maximum atomic E-state index is 13.3. The van der Waals surface area contributed by atoms with Gasteiger partial charge in [0.1, 0.15) is 0 Å². The number of urea groups is 1. The lowest BCUT2D eigenvalue weighted by molar-refractivity contribution is -0.120. The van der Waals surface area contributed by atoms with Crippen LogP contribution in [0.4, 0.5) is 19.3 Å². The lowest BCUT2D eigenvalue weighted by Gasteiger charge is -2.34. The number of anilines is 1. The topological polar surface area (TPSA) is 98.8 Å². The van der Waals surface area contributed by atoms with Crippen LogP contribution in [0.25, 0.3) is 0 Å². The average Bonchev–Trinajstić information content (AvgIpc) is 3.65. The second-order valence-electron chi connectivity index (χ2n) is 10.2. The molecule has 0 unspecified atom stereocenters. The first kappa shape index (κ1) is 27.1. The number of nitrogens with one attached hydrogen (secondary N) is 2. The van der Waals surface area contributed by atoms with Gasteiger partial charge in [0.15, 0.2) is 5.78 Å². The Bertz CT molecular complexity index is 1070. The quantitative estimate of drug-likeness (QED) is 0.490. The molecule has 2 aliphatic carbocycles. The molecule has 1 aromatic rings. The predicted molar refractivity (Wildman–Crippen MR) is 134 cm³/mol. The van der Waals surface area contributed by atoms with Gasteiger partial charge in [-0.15, -0.1) is 0 Å². The lowest BCUT2D eigenvalue weighted by Crippen LogP contribution is -2.52. The van der Waals surface area contributed by atoms with Crippen molar-refractivity contribution >= 4 is 39.1 Å². The Hall–Kier alpha value is -1.98. The molecular weight excluding hydrogens is 514 g/mol. The molecule has 1 aliphatic heterocycles. The van der Waals surface area contributed by atoms with E-state index in [9.17, 15) is 26.8 Å². The molecule has 8 nitrogen and oxygen atoms in total. The van der Waals surface area contributed by atoms with E-state index in [2.05, 4.69) is 14.9 Å². The smallest absolute Gasteiger partial charge is 0.317 e. The first-order valence-electron chi connectivity index (χ1n) is 12.4. The third-order valence-corrected chi connectivity index (χ3v) is 9.12. The van der Waals surface area contributed by atoms with Gasteiger partial charge in [0.2, 0.25) is 15.9 Å². The predicted octanol–water partition coefficient (Wildman–Crippen LogP) is 3.86. The Kier molecular flexibility index (Phi) is 8.41. The number of nitrogens with zero attached hydrogens (tertiary/aromatic N) is 2. The second kappa shape index (κ2) is 11.2. The van der Waals surface area contributed by atoms with Crippen molar-refractivity contribution < 1.29 is 26.8 Å². The van der Waals surface area contributed by atoms with Crippen LogP contribution in [0.2, 0.25) is 5.02 Å². The van der Waals surface area contributed by atoms with E-state index >= 15 is 0 Å². The molecule has 200 valence electrons. The van der Waals surface area contributed by atoms with Crippen LogP contribution in [-0.2, 0) is 21.4 Å². The number of sulfonamides is 1. The molecule has 0 spiro atoms. The van der Waals surface area contributed by atoms with E-state index < -0.39 is 15.9 Å². The molecule has 1 aromatic carbocycles. The zero-order chi connectivity index (χ0) is 25.9. The fourth-order valence-corrected chi connectivity index (χ4v) is 6.41. The van der Waals surface area contributed by atoms with Crippen molar-refractivity contribution in [1.29, 1.82) is 0 Å². The number of carbonyl (C=O) groups is 2. The van der Waals surface area contributed by atoms with E-state index in [1.807, 2.05) is 0 Å². The van der Waals surface area contributed by atoms with E-state index in [-0.39, 0.29) is 48.8 Å². The number of rotatable bonds is 9. The van der Waals surface area contributed by atoms with Gasteiger partial charge in [-0.2, -0.15) is 0 Å². The Morgan fingerprint density at radius 3 is 2.33 bits per heavy atom. The Morgan fingerprint density at radius 1 is 1.03 bits per heavy atom. The molecule has 0 aromatic heterocycles. The highest BCUT2D eigenvalue weighted by Gasteiger charge is 2.36. The van der Waals surface area contributed by atoms with Crippen molar-refractivity contribution in [2.45, 2.75) is 62.7 Å². The summed E-state index contributed by atoms with van der Waals surface area (Å²) in [5, 5.41) is 2.79. The first-order chi connectivity index (χ1) is 17.0. The fraction of sp³-hybridized carbons (Fsp3) is 0.667. The molecule has 0 radical (unpaired) electrons. The maximum Gasteiger partial charge on any atom is 0.317 e. The third kappa shape index (κ3) is 7.76. The van der Waals surface area contributed by atoms with Gasteiger partial charge in [-0.1, -0.05) is 11.6 Å². The second-order valence-corrected chi connectivity index (χ2v) is 12.6. The molecule has 0 atom stereocenters. The summed E-state index contributed by atoms with van der Waals surface area (Å²) in [5.41, 5.74) is 1.33. The minimum atomic E-state index is -3.38. The number of amides is 2. The highest BCUT2D eigenvalue weighted by Crippen LogP contribution is 2.37. The van der Waals surface area contributed by atoms with Crippen molar-refractivity contribution in [3.63, 3.8) is 0 Å². The molecule has 2 amide bonds. The molecular formula is C24H33ClF2N4O4S. The number of alkyl halides is 2. The molecule has 1 heterocycles. The van der Waals surface area contributed by atoms with Gasteiger partial charge in [0.05, 0.1) is 17.5 Å². The van der Waals surface area contributed by atoms with Crippen molar-refractivity contribution in [3.8, 4) is 0 Å². The van der Waals surface area contributed by atoms with E-state index in [1.165, 1.54) is 0 Å². The van der Waals surface area contributed by atoms with Gasteiger partial charge < -0.3 is 10.2 Å². The van der Waals surface area contributed by atoms with Crippen molar-refractivity contribution in [3.05, 3.63) is 28.8 Å². The largest absolute Gasteiger partial charge is 0.331 e. The van der Waals surface area contributed by atoms with Crippen LogP contribution < -0.4 is 10.0 Å².